The van der Waals surface area contributed by atoms with Crippen LogP contribution in [0.1, 0.15) is 34.9 Å². The molecule has 1 unspecified atom stereocenters. The van der Waals surface area contributed by atoms with Gasteiger partial charge in [0, 0.05) is 41.3 Å². The van der Waals surface area contributed by atoms with Crippen LogP contribution in [-0.4, -0.2) is 9.55 Å². The number of hydrogen-bond acceptors (Lipinski definition) is 3. The molecule has 21 heavy (non-hydrogen) atoms. The first kappa shape index (κ1) is 14.3. The molecule has 3 rings (SSSR count). The molecular weight excluding hydrogens is 278 g/mol. The number of nitrogens with one attached hydrogen (secondary N) is 1. The summed E-state index contributed by atoms with van der Waals surface area (Å²) in [5.41, 5.74) is 5.11. The zero-order valence-corrected chi connectivity index (χ0v) is 13.8. The minimum atomic E-state index is 0.279. The van der Waals surface area contributed by atoms with Crippen molar-refractivity contribution in [3.8, 4) is 0 Å². The number of fused-ring (bicyclic) bond motifs is 1. The average molecular weight is 299 g/mol. The standard InChI is InChI=1S/C17H21N3S/c1-11-10-21-17(19-11)13(3)18-9-16-12(2)14-7-5-6-8-15(14)20(16)4/h5-8,10,13,18H,9H2,1-4H3. The normalized spacial score (nSPS) is 13.0. The number of aryl methyl sites for hydroxylation is 3. The summed E-state index contributed by atoms with van der Waals surface area (Å²) < 4.78 is 2.29. The molecule has 0 saturated carbocycles. The lowest BCUT2D eigenvalue weighted by atomic mass is 10.1. The summed E-state index contributed by atoms with van der Waals surface area (Å²) in [7, 11) is 2.14. The van der Waals surface area contributed by atoms with E-state index in [1.54, 1.807) is 11.3 Å². The highest BCUT2D eigenvalue weighted by Gasteiger charge is 2.13. The van der Waals surface area contributed by atoms with Crippen molar-refractivity contribution in [2.75, 3.05) is 0 Å². The second kappa shape index (κ2) is 5.62. The van der Waals surface area contributed by atoms with Crippen LogP contribution in [0.15, 0.2) is 29.6 Å². The third-order valence-corrected chi connectivity index (χ3v) is 5.24. The summed E-state index contributed by atoms with van der Waals surface area (Å²) in [6, 6.07) is 8.86. The average Bonchev–Trinajstić information content (AvgIpc) is 3.02. The van der Waals surface area contributed by atoms with Crippen molar-refractivity contribution < 1.29 is 0 Å². The van der Waals surface area contributed by atoms with E-state index < -0.39 is 0 Å². The van der Waals surface area contributed by atoms with E-state index in [-0.39, 0.29) is 6.04 Å². The summed E-state index contributed by atoms with van der Waals surface area (Å²) >= 11 is 1.73. The van der Waals surface area contributed by atoms with Crippen LogP contribution in [0.4, 0.5) is 0 Å². The van der Waals surface area contributed by atoms with Gasteiger partial charge in [-0.2, -0.15) is 0 Å². The van der Waals surface area contributed by atoms with Crippen molar-refractivity contribution in [2.24, 2.45) is 7.05 Å². The maximum Gasteiger partial charge on any atom is 0.110 e. The van der Waals surface area contributed by atoms with Crippen molar-refractivity contribution in [3.05, 3.63) is 51.6 Å². The van der Waals surface area contributed by atoms with Crippen LogP contribution in [0.25, 0.3) is 10.9 Å². The first-order valence-electron chi connectivity index (χ1n) is 7.26. The molecule has 110 valence electrons. The molecule has 0 spiro atoms. The summed E-state index contributed by atoms with van der Waals surface area (Å²) in [5.74, 6) is 0. The number of benzene rings is 1. The highest BCUT2D eigenvalue weighted by atomic mass is 32.1. The Morgan fingerprint density at radius 3 is 2.71 bits per heavy atom. The fourth-order valence-corrected chi connectivity index (χ4v) is 3.62. The van der Waals surface area contributed by atoms with Crippen molar-refractivity contribution >= 4 is 22.2 Å². The predicted octanol–water partition coefficient (Wildman–Crippen LogP) is 4.10. The van der Waals surface area contributed by atoms with Gasteiger partial charge in [0.05, 0.1) is 6.04 Å². The van der Waals surface area contributed by atoms with Crippen LogP contribution in [0.3, 0.4) is 0 Å². The summed E-state index contributed by atoms with van der Waals surface area (Å²) in [6.07, 6.45) is 0. The number of thiazole rings is 1. The number of nitrogens with zero attached hydrogens (tertiary/aromatic N) is 2. The fourth-order valence-electron chi connectivity index (χ4n) is 2.79. The first-order valence-corrected chi connectivity index (χ1v) is 8.14. The molecule has 0 aliphatic carbocycles. The zero-order valence-electron chi connectivity index (χ0n) is 13.0. The maximum absolute atomic E-state index is 4.56. The van der Waals surface area contributed by atoms with E-state index in [0.717, 1.165) is 17.2 Å². The molecule has 3 nitrogen and oxygen atoms in total. The molecule has 1 N–H and O–H groups in total. The second-order valence-corrected chi connectivity index (χ2v) is 6.47. The molecule has 3 aromatic rings. The lowest BCUT2D eigenvalue weighted by Gasteiger charge is -2.13. The Kier molecular flexibility index (Phi) is 3.83. The van der Waals surface area contributed by atoms with E-state index in [9.17, 15) is 0 Å². The van der Waals surface area contributed by atoms with E-state index in [1.807, 2.05) is 6.92 Å². The topological polar surface area (TPSA) is 29.9 Å². The lowest BCUT2D eigenvalue weighted by molar-refractivity contribution is 0.555. The third-order valence-electron chi connectivity index (χ3n) is 4.09. The highest BCUT2D eigenvalue weighted by Crippen LogP contribution is 2.25. The van der Waals surface area contributed by atoms with Gasteiger partial charge in [0.25, 0.3) is 0 Å². The number of hydrogen-bond donors (Lipinski definition) is 1. The minimum Gasteiger partial charge on any atom is -0.346 e. The molecule has 0 saturated heterocycles. The van der Waals surface area contributed by atoms with E-state index in [0.29, 0.717) is 0 Å². The van der Waals surface area contributed by atoms with Gasteiger partial charge >= 0.3 is 0 Å². The van der Waals surface area contributed by atoms with Gasteiger partial charge in [-0.15, -0.1) is 11.3 Å². The largest absolute Gasteiger partial charge is 0.346 e. The van der Waals surface area contributed by atoms with Gasteiger partial charge < -0.3 is 9.88 Å². The van der Waals surface area contributed by atoms with Crippen LogP contribution in [0.5, 0.6) is 0 Å². The monoisotopic (exact) mass is 299 g/mol. The molecule has 0 fully saturated rings. The number of rotatable bonds is 4. The molecule has 0 aliphatic rings. The van der Waals surface area contributed by atoms with E-state index in [4.69, 9.17) is 0 Å². The molecule has 2 aromatic heterocycles. The smallest absolute Gasteiger partial charge is 0.110 e. The van der Waals surface area contributed by atoms with Crippen LogP contribution in [-0.2, 0) is 13.6 Å². The summed E-state index contributed by atoms with van der Waals surface area (Å²) in [6.45, 7) is 7.28. The van der Waals surface area contributed by atoms with E-state index >= 15 is 0 Å². The predicted molar refractivity (Wildman–Crippen MR) is 89.8 cm³/mol. The third kappa shape index (κ3) is 2.61. The van der Waals surface area contributed by atoms with Gasteiger partial charge in [-0.3, -0.25) is 0 Å². The molecular formula is C17H21N3S. The van der Waals surface area contributed by atoms with Crippen LogP contribution in [0, 0.1) is 13.8 Å². The van der Waals surface area contributed by atoms with Crippen LogP contribution >= 0.6 is 11.3 Å². The van der Waals surface area contributed by atoms with Gasteiger partial charge in [0.2, 0.25) is 0 Å². The zero-order chi connectivity index (χ0) is 15.0. The van der Waals surface area contributed by atoms with Crippen molar-refractivity contribution in [1.29, 1.82) is 0 Å². The molecule has 2 heterocycles. The Labute approximate surface area is 129 Å². The molecule has 1 aromatic carbocycles. The number of aromatic nitrogens is 2. The first-order chi connectivity index (χ1) is 10.1. The van der Waals surface area contributed by atoms with Gasteiger partial charge in [-0.25, -0.2) is 4.98 Å². The lowest BCUT2D eigenvalue weighted by Crippen LogP contribution is -2.20. The van der Waals surface area contributed by atoms with Crippen molar-refractivity contribution in [1.82, 2.24) is 14.9 Å². The minimum absolute atomic E-state index is 0.279. The van der Waals surface area contributed by atoms with Crippen LogP contribution in [0.2, 0.25) is 0 Å². The van der Waals surface area contributed by atoms with Gasteiger partial charge in [-0.1, -0.05) is 18.2 Å². The Bertz CT molecular complexity index is 731. The summed E-state index contributed by atoms with van der Waals surface area (Å²) in [5, 5.41) is 8.20. The van der Waals surface area contributed by atoms with Crippen molar-refractivity contribution in [3.63, 3.8) is 0 Å². The Morgan fingerprint density at radius 2 is 2.05 bits per heavy atom. The Balaban J connectivity index is 1.82. The van der Waals surface area contributed by atoms with Crippen LogP contribution < -0.4 is 5.32 Å². The number of para-hydroxylation sites is 1. The Morgan fingerprint density at radius 1 is 1.29 bits per heavy atom. The van der Waals surface area contributed by atoms with E-state index in [1.165, 1.54) is 22.2 Å². The molecule has 0 amide bonds. The quantitative estimate of drug-likeness (QED) is 0.786. The SMILES string of the molecule is Cc1csc(C(C)NCc2c(C)c3ccccc3n2C)n1. The maximum atomic E-state index is 4.56. The van der Waals surface area contributed by atoms with E-state index in [2.05, 4.69) is 65.4 Å². The van der Waals surface area contributed by atoms with Gasteiger partial charge in [-0.05, 0) is 32.4 Å². The van der Waals surface area contributed by atoms with Crippen molar-refractivity contribution in [2.45, 2.75) is 33.4 Å². The summed E-state index contributed by atoms with van der Waals surface area (Å²) in [4.78, 5) is 4.56. The molecule has 0 aliphatic heterocycles. The van der Waals surface area contributed by atoms with Gasteiger partial charge in [0.1, 0.15) is 5.01 Å². The molecule has 0 bridgehead atoms. The molecule has 4 heteroatoms. The second-order valence-electron chi connectivity index (χ2n) is 5.58. The highest BCUT2D eigenvalue weighted by molar-refractivity contribution is 7.09. The Hall–Kier alpha value is -1.65. The van der Waals surface area contributed by atoms with Gasteiger partial charge in [0.15, 0.2) is 0 Å². The molecule has 0 radical (unpaired) electrons. The molecule has 1 atom stereocenters. The fraction of sp³-hybridized carbons (Fsp3) is 0.353.